The standard InChI is InChI=1S/C14H19N5OS/c1-9(2)19-12(5-6-15-19)18-13(20)8-21-14-16-10(3)7-11(4)17-14/h5-7,9H,8H2,1-4H3,(H,18,20). The van der Waals surface area contributed by atoms with Gasteiger partial charge in [0.05, 0.1) is 11.9 Å². The van der Waals surface area contributed by atoms with Crippen LogP contribution in [0.3, 0.4) is 0 Å². The van der Waals surface area contributed by atoms with Crippen LogP contribution in [0.15, 0.2) is 23.5 Å². The van der Waals surface area contributed by atoms with Crippen molar-refractivity contribution in [3.63, 3.8) is 0 Å². The van der Waals surface area contributed by atoms with E-state index in [2.05, 4.69) is 20.4 Å². The van der Waals surface area contributed by atoms with E-state index in [1.165, 1.54) is 11.8 Å². The SMILES string of the molecule is Cc1cc(C)nc(SCC(=O)Nc2ccnn2C(C)C)n1. The lowest BCUT2D eigenvalue weighted by atomic mass is 10.4. The van der Waals surface area contributed by atoms with Crippen LogP contribution in [0.2, 0.25) is 0 Å². The minimum absolute atomic E-state index is 0.0924. The summed E-state index contributed by atoms with van der Waals surface area (Å²) in [6, 6.07) is 3.90. The maximum absolute atomic E-state index is 12.0. The van der Waals surface area contributed by atoms with Gasteiger partial charge in [-0.2, -0.15) is 5.10 Å². The third-order valence-electron chi connectivity index (χ3n) is 2.72. The van der Waals surface area contributed by atoms with Crippen LogP contribution < -0.4 is 5.32 Å². The first-order valence-corrected chi connectivity index (χ1v) is 7.72. The van der Waals surface area contributed by atoms with E-state index in [0.717, 1.165) is 11.4 Å². The molecule has 2 aromatic rings. The minimum atomic E-state index is -0.0924. The number of aromatic nitrogens is 4. The molecule has 0 fully saturated rings. The summed E-state index contributed by atoms with van der Waals surface area (Å²) in [6.07, 6.45) is 1.68. The normalized spacial score (nSPS) is 10.9. The predicted octanol–water partition coefficient (Wildman–Crippen LogP) is 2.60. The van der Waals surface area contributed by atoms with Crippen molar-refractivity contribution in [1.82, 2.24) is 19.7 Å². The van der Waals surface area contributed by atoms with E-state index in [4.69, 9.17) is 0 Å². The third kappa shape index (κ3) is 4.29. The van der Waals surface area contributed by atoms with E-state index in [9.17, 15) is 4.79 Å². The second kappa shape index (κ2) is 6.71. The zero-order valence-electron chi connectivity index (χ0n) is 12.6. The molecule has 0 bridgehead atoms. The second-order valence-electron chi connectivity index (χ2n) is 5.02. The fourth-order valence-corrected chi connectivity index (χ4v) is 2.64. The molecule has 1 amide bonds. The van der Waals surface area contributed by atoms with Crippen LogP contribution in [0.1, 0.15) is 31.3 Å². The largest absolute Gasteiger partial charge is 0.310 e. The molecule has 0 atom stereocenters. The van der Waals surface area contributed by atoms with Gasteiger partial charge in [-0.25, -0.2) is 14.6 Å². The van der Waals surface area contributed by atoms with Gasteiger partial charge in [0.15, 0.2) is 5.16 Å². The second-order valence-corrected chi connectivity index (χ2v) is 5.97. The summed E-state index contributed by atoms with van der Waals surface area (Å²) in [4.78, 5) is 20.6. The van der Waals surface area contributed by atoms with Crippen LogP contribution in [-0.2, 0) is 4.79 Å². The number of nitrogens with zero attached hydrogens (tertiary/aromatic N) is 4. The van der Waals surface area contributed by atoms with Crippen molar-refractivity contribution in [3.8, 4) is 0 Å². The number of rotatable bonds is 5. The Balaban J connectivity index is 1.94. The monoisotopic (exact) mass is 305 g/mol. The number of carbonyl (C=O) groups excluding carboxylic acids is 1. The van der Waals surface area contributed by atoms with E-state index >= 15 is 0 Å². The molecular weight excluding hydrogens is 286 g/mol. The van der Waals surface area contributed by atoms with Gasteiger partial charge in [0.1, 0.15) is 5.82 Å². The zero-order chi connectivity index (χ0) is 15.4. The molecule has 0 unspecified atom stereocenters. The van der Waals surface area contributed by atoms with Crippen molar-refractivity contribution in [2.75, 3.05) is 11.1 Å². The van der Waals surface area contributed by atoms with Gasteiger partial charge in [0.2, 0.25) is 5.91 Å². The lowest BCUT2D eigenvalue weighted by Crippen LogP contribution is -2.18. The van der Waals surface area contributed by atoms with Crippen molar-refractivity contribution in [3.05, 3.63) is 29.7 Å². The van der Waals surface area contributed by atoms with Crippen molar-refractivity contribution in [2.45, 2.75) is 38.9 Å². The Hall–Kier alpha value is -1.89. The maximum Gasteiger partial charge on any atom is 0.235 e. The Kier molecular flexibility index (Phi) is 4.95. The quantitative estimate of drug-likeness (QED) is 0.679. The molecule has 7 heteroatoms. The van der Waals surface area contributed by atoms with Crippen molar-refractivity contribution < 1.29 is 4.79 Å². The molecule has 0 aliphatic heterocycles. The molecular formula is C14H19N5OS. The highest BCUT2D eigenvalue weighted by Crippen LogP contribution is 2.16. The number of hydrogen-bond acceptors (Lipinski definition) is 5. The lowest BCUT2D eigenvalue weighted by molar-refractivity contribution is -0.113. The third-order valence-corrected chi connectivity index (χ3v) is 3.57. The van der Waals surface area contributed by atoms with Crippen LogP contribution in [-0.4, -0.2) is 31.4 Å². The van der Waals surface area contributed by atoms with Crippen LogP contribution >= 0.6 is 11.8 Å². The van der Waals surface area contributed by atoms with Crippen LogP contribution in [0.25, 0.3) is 0 Å². The Bertz CT molecular complexity index is 618. The Labute approximate surface area is 128 Å². The first-order valence-electron chi connectivity index (χ1n) is 6.74. The van der Waals surface area contributed by atoms with E-state index in [1.807, 2.05) is 33.8 Å². The van der Waals surface area contributed by atoms with Crippen molar-refractivity contribution >= 4 is 23.5 Å². The summed E-state index contributed by atoms with van der Waals surface area (Å²) in [7, 11) is 0. The van der Waals surface area contributed by atoms with E-state index in [-0.39, 0.29) is 17.7 Å². The summed E-state index contributed by atoms with van der Waals surface area (Å²) < 4.78 is 1.77. The molecule has 21 heavy (non-hydrogen) atoms. The van der Waals surface area contributed by atoms with E-state index in [0.29, 0.717) is 11.0 Å². The Morgan fingerprint density at radius 1 is 1.33 bits per heavy atom. The molecule has 1 N–H and O–H groups in total. The number of thioether (sulfide) groups is 1. The van der Waals surface area contributed by atoms with E-state index < -0.39 is 0 Å². The molecule has 2 rings (SSSR count). The molecule has 0 saturated heterocycles. The lowest BCUT2D eigenvalue weighted by Gasteiger charge is -2.11. The highest BCUT2D eigenvalue weighted by atomic mass is 32.2. The summed E-state index contributed by atoms with van der Waals surface area (Å²) in [5.41, 5.74) is 1.81. The highest BCUT2D eigenvalue weighted by Gasteiger charge is 2.10. The minimum Gasteiger partial charge on any atom is -0.310 e. The molecule has 112 valence electrons. The molecule has 2 aromatic heterocycles. The molecule has 0 aliphatic rings. The molecule has 6 nitrogen and oxygen atoms in total. The van der Waals surface area contributed by atoms with Gasteiger partial charge in [-0.1, -0.05) is 11.8 Å². The van der Waals surface area contributed by atoms with Gasteiger partial charge in [-0.15, -0.1) is 0 Å². The smallest absolute Gasteiger partial charge is 0.235 e. The number of hydrogen-bond donors (Lipinski definition) is 1. The number of nitrogens with one attached hydrogen (secondary N) is 1. The fraction of sp³-hybridized carbons (Fsp3) is 0.429. The molecule has 0 spiro atoms. The van der Waals surface area contributed by atoms with Crippen molar-refractivity contribution in [2.24, 2.45) is 0 Å². The van der Waals surface area contributed by atoms with Gasteiger partial charge in [-0.3, -0.25) is 4.79 Å². The molecule has 0 aromatic carbocycles. The van der Waals surface area contributed by atoms with Gasteiger partial charge < -0.3 is 5.32 Å². The van der Waals surface area contributed by atoms with Crippen molar-refractivity contribution in [1.29, 1.82) is 0 Å². The Morgan fingerprint density at radius 2 is 2.00 bits per heavy atom. The first-order chi connectivity index (χ1) is 9.95. The van der Waals surface area contributed by atoms with Crippen LogP contribution in [0.5, 0.6) is 0 Å². The molecule has 0 saturated carbocycles. The average Bonchev–Trinajstić information content (AvgIpc) is 2.83. The Morgan fingerprint density at radius 3 is 2.62 bits per heavy atom. The number of amides is 1. The zero-order valence-corrected chi connectivity index (χ0v) is 13.4. The predicted molar refractivity (Wildman–Crippen MR) is 83.5 cm³/mol. The topological polar surface area (TPSA) is 72.7 Å². The average molecular weight is 305 g/mol. The van der Waals surface area contributed by atoms with Gasteiger partial charge >= 0.3 is 0 Å². The molecule has 0 aliphatic carbocycles. The maximum atomic E-state index is 12.0. The summed E-state index contributed by atoms with van der Waals surface area (Å²) >= 11 is 1.33. The molecule has 0 radical (unpaired) electrons. The fourth-order valence-electron chi connectivity index (χ4n) is 1.89. The van der Waals surface area contributed by atoms with E-state index in [1.54, 1.807) is 16.9 Å². The summed E-state index contributed by atoms with van der Waals surface area (Å²) in [6.45, 7) is 7.86. The first kappa shape index (κ1) is 15.5. The van der Waals surface area contributed by atoms with Crippen LogP contribution in [0, 0.1) is 13.8 Å². The summed E-state index contributed by atoms with van der Waals surface area (Å²) in [5.74, 6) is 0.883. The number of aryl methyl sites for hydroxylation is 2. The molecule has 2 heterocycles. The van der Waals surface area contributed by atoms with Gasteiger partial charge in [-0.05, 0) is 33.8 Å². The number of carbonyl (C=O) groups is 1. The highest BCUT2D eigenvalue weighted by molar-refractivity contribution is 7.99. The van der Waals surface area contributed by atoms with Crippen LogP contribution in [0.4, 0.5) is 5.82 Å². The number of anilines is 1. The van der Waals surface area contributed by atoms with Gasteiger partial charge in [0.25, 0.3) is 0 Å². The summed E-state index contributed by atoms with van der Waals surface area (Å²) in [5, 5.41) is 7.66. The van der Waals surface area contributed by atoms with Gasteiger partial charge in [0, 0.05) is 23.5 Å².